The Morgan fingerprint density at radius 2 is 2.00 bits per heavy atom. The lowest BCUT2D eigenvalue weighted by Gasteiger charge is -2.10. The van der Waals surface area contributed by atoms with Gasteiger partial charge in [-0.3, -0.25) is 4.79 Å². The first-order chi connectivity index (χ1) is 8.64. The van der Waals surface area contributed by atoms with Crippen molar-refractivity contribution in [3.05, 3.63) is 29.8 Å². The van der Waals surface area contributed by atoms with Gasteiger partial charge in [-0.1, -0.05) is 19.1 Å². The number of nitrogens with one attached hydrogen (secondary N) is 1. The van der Waals surface area contributed by atoms with E-state index in [-0.39, 0.29) is 18.3 Å². The molecule has 1 aliphatic rings. The van der Waals surface area contributed by atoms with Crippen molar-refractivity contribution in [2.75, 3.05) is 6.61 Å². The lowest BCUT2D eigenvalue weighted by atomic mass is 10.2. The van der Waals surface area contributed by atoms with Crippen LogP contribution in [0.25, 0.3) is 0 Å². The third kappa shape index (κ3) is 4.40. The maximum absolute atomic E-state index is 11.6. The Kier molecular flexibility index (Phi) is 5.63. The molecule has 5 heteroatoms. The molecule has 1 fully saturated rings. The van der Waals surface area contributed by atoms with Gasteiger partial charge >= 0.3 is 0 Å². The van der Waals surface area contributed by atoms with Crippen molar-refractivity contribution in [1.82, 2.24) is 5.32 Å². The molecule has 0 heterocycles. The van der Waals surface area contributed by atoms with Crippen LogP contribution in [0.4, 0.5) is 0 Å². The molecule has 0 radical (unpaired) electrons. The zero-order chi connectivity index (χ0) is 13.0. The van der Waals surface area contributed by atoms with Crippen molar-refractivity contribution >= 4 is 18.3 Å². The van der Waals surface area contributed by atoms with Gasteiger partial charge in [0.05, 0.1) is 12.1 Å². The topological polar surface area (TPSA) is 64.3 Å². The van der Waals surface area contributed by atoms with Crippen LogP contribution in [-0.2, 0) is 11.3 Å². The van der Waals surface area contributed by atoms with E-state index in [0.717, 1.165) is 37.2 Å². The standard InChI is InChI=1S/C14H20N2O2.ClH/c1-2-9-18-12-5-3-11(4-6-12)10-16-13(17)14(15)7-8-14;/h3-6H,2,7-10,15H2,1H3,(H,16,17);1H. The summed E-state index contributed by atoms with van der Waals surface area (Å²) >= 11 is 0. The van der Waals surface area contributed by atoms with E-state index >= 15 is 0 Å². The first kappa shape index (κ1) is 15.8. The van der Waals surface area contributed by atoms with E-state index in [4.69, 9.17) is 10.5 Å². The van der Waals surface area contributed by atoms with Gasteiger partial charge in [0.25, 0.3) is 0 Å². The maximum Gasteiger partial charge on any atom is 0.240 e. The second-order valence-corrected chi connectivity index (χ2v) is 4.83. The Labute approximate surface area is 120 Å². The average Bonchev–Trinajstić information content (AvgIpc) is 3.14. The molecule has 2 rings (SSSR count). The van der Waals surface area contributed by atoms with Crippen LogP contribution in [0, 0.1) is 0 Å². The quantitative estimate of drug-likeness (QED) is 0.840. The van der Waals surface area contributed by atoms with Crippen LogP contribution in [0.1, 0.15) is 31.7 Å². The molecule has 0 bridgehead atoms. The fourth-order valence-corrected chi connectivity index (χ4v) is 1.64. The van der Waals surface area contributed by atoms with Gasteiger partial charge in [0.1, 0.15) is 5.75 Å². The van der Waals surface area contributed by atoms with E-state index in [1.165, 1.54) is 0 Å². The third-order valence-electron chi connectivity index (χ3n) is 3.09. The van der Waals surface area contributed by atoms with E-state index in [2.05, 4.69) is 12.2 Å². The Balaban J connectivity index is 0.00000180. The maximum atomic E-state index is 11.6. The fourth-order valence-electron chi connectivity index (χ4n) is 1.64. The molecule has 0 aromatic heterocycles. The number of nitrogens with two attached hydrogens (primary N) is 1. The van der Waals surface area contributed by atoms with Crippen LogP contribution in [0.5, 0.6) is 5.75 Å². The van der Waals surface area contributed by atoms with Crippen molar-refractivity contribution in [2.24, 2.45) is 5.73 Å². The van der Waals surface area contributed by atoms with Crippen LogP contribution in [0.2, 0.25) is 0 Å². The lowest BCUT2D eigenvalue weighted by Crippen LogP contribution is -2.42. The number of benzene rings is 1. The highest BCUT2D eigenvalue weighted by molar-refractivity contribution is 5.88. The number of amides is 1. The zero-order valence-corrected chi connectivity index (χ0v) is 12.0. The summed E-state index contributed by atoms with van der Waals surface area (Å²) in [6.45, 7) is 3.32. The number of halogens is 1. The summed E-state index contributed by atoms with van der Waals surface area (Å²) in [5, 5.41) is 2.86. The van der Waals surface area contributed by atoms with Gasteiger partial charge in [0, 0.05) is 6.54 Å². The minimum atomic E-state index is -0.593. The van der Waals surface area contributed by atoms with Gasteiger partial charge in [-0.15, -0.1) is 12.4 Å². The van der Waals surface area contributed by atoms with Gasteiger partial charge in [0.15, 0.2) is 0 Å². The van der Waals surface area contributed by atoms with Gasteiger partial charge in [0.2, 0.25) is 5.91 Å². The van der Waals surface area contributed by atoms with Crippen LogP contribution in [-0.4, -0.2) is 18.1 Å². The molecule has 4 nitrogen and oxygen atoms in total. The lowest BCUT2D eigenvalue weighted by molar-refractivity contribution is -0.123. The van der Waals surface area contributed by atoms with Crippen molar-refractivity contribution in [1.29, 1.82) is 0 Å². The Hall–Kier alpha value is -1.26. The normalized spacial score (nSPS) is 15.3. The largest absolute Gasteiger partial charge is 0.494 e. The van der Waals surface area contributed by atoms with Gasteiger partial charge in [-0.05, 0) is 37.0 Å². The summed E-state index contributed by atoms with van der Waals surface area (Å²) in [6.07, 6.45) is 2.58. The number of rotatable bonds is 6. The Morgan fingerprint density at radius 1 is 1.37 bits per heavy atom. The van der Waals surface area contributed by atoms with Crippen molar-refractivity contribution in [3.63, 3.8) is 0 Å². The molecule has 1 aliphatic carbocycles. The molecule has 106 valence electrons. The van der Waals surface area contributed by atoms with E-state index in [1.807, 2.05) is 24.3 Å². The predicted octanol–water partition coefficient (Wildman–Crippen LogP) is 2.00. The summed E-state index contributed by atoms with van der Waals surface area (Å²) in [4.78, 5) is 11.6. The number of carbonyl (C=O) groups is 1. The second kappa shape index (κ2) is 6.78. The first-order valence-electron chi connectivity index (χ1n) is 6.43. The summed E-state index contributed by atoms with van der Waals surface area (Å²) in [7, 11) is 0. The van der Waals surface area contributed by atoms with Gasteiger partial charge < -0.3 is 15.8 Å². The minimum Gasteiger partial charge on any atom is -0.494 e. The van der Waals surface area contributed by atoms with Crippen molar-refractivity contribution in [3.8, 4) is 5.75 Å². The summed E-state index contributed by atoms with van der Waals surface area (Å²) < 4.78 is 5.49. The summed E-state index contributed by atoms with van der Waals surface area (Å²) in [5.74, 6) is 0.818. The molecule has 0 spiro atoms. The average molecular weight is 285 g/mol. The number of ether oxygens (including phenoxy) is 1. The third-order valence-corrected chi connectivity index (χ3v) is 3.09. The summed E-state index contributed by atoms with van der Waals surface area (Å²) in [5.41, 5.74) is 6.26. The number of hydrogen-bond donors (Lipinski definition) is 2. The predicted molar refractivity (Wildman–Crippen MR) is 77.5 cm³/mol. The molecular weight excluding hydrogens is 264 g/mol. The molecule has 0 unspecified atom stereocenters. The second-order valence-electron chi connectivity index (χ2n) is 4.83. The molecule has 0 atom stereocenters. The number of carbonyl (C=O) groups excluding carboxylic acids is 1. The first-order valence-corrected chi connectivity index (χ1v) is 6.43. The molecule has 0 aliphatic heterocycles. The van der Waals surface area contributed by atoms with Crippen LogP contribution < -0.4 is 15.8 Å². The van der Waals surface area contributed by atoms with Crippen molar-refractivity contribution < 1.29 is 9.53 Å². The van der Waals surface area contributed by atoms with E-state index < -0.39 is 5.54 Å². The highest BCUT2D eigenvalue weighted by Gasteiger charge is 2.45. The van der Waals surface area contributed by atoms with Gasteiger partial charge in [-0.25, -0.2) is 0 Å². The molecule has 3 N–H and O–H groups in total. The molecule has 1 aromatic carbocycles. The Morgan fingerprint density at radius 3 is 2.53 bits per heavy atom. The fraction of sp³-hybridized carbons (Fsp3) is 0.500. The van der Waals surface area contributed by atoms with Crippen LogP contribution in [0.3, 0.4) is 0 Å². The zero-order valence-electron chi connectivity index (χ0n) is 11.1. The monoisotopic (exact) mass is 284 g/mol. The molecule has 0 saturated heterocycles. The molecule has 19 heavy (non-hydrogen) atoms. The molecular formula is C14H21ClN2O2. The molecule has 1 aromatic rings. The van der Waals surface area contributed by atoms with E-state index in [1.54, 1.807) is 0 Å². The highest BCUT2D eigenvalue weighted by Crippen LogP contribution is 2.32. The summed E-state index contributed by atoms with van der Waals surface area (Å²) in [6, 6.07) is 7.77. The van der Waals surface area contributed by atoms with Crippen LogP contribution >= 0.6 is 12.4 Å². The smallest absolute Gasteiger partial charge is 0.240 e. The van der Waals surface area contributed by atoms with Crippen molar-refractivity contribution in [2.45, 2.75) is 38.3 Å². The molecule has 1 amide bonds. The van der Waals surface area contributed by atoms with Gasteiger partial charge in [-0.2, -0.15) is 0 Å². The highest BCUT2D eigenvalue weighted by atomic mass is 35.5. The number of hydrogen-bond acceptors (Lipinski definition) is 3. The SMILES string of the molecule is CCCOc1ccc(CNC(=O)C2(N)CC2)cc1.Cl. The minimum absolute atomic E-state index is 0. The van der Waals surface area contributed by atoms with E-state index in [0.29, 0.717) is 6.54 Å². The molecule has 1 saturated carbocycles. The Bertz CT molecular complexity index is 416. The van der Waals surface area contributed by atoms with Crippen LogP contribution in [0.15, 0.2) is 24.3 Å². The van der Waals surface area contributed by atoms with E-state index in [9.17, 15) is 4.79 Å².